The average Bonchev–Trinajstić information content (AvgIpc) is 3.47. The van der Waals surface area contributed by atoms with Gasteiger partial charge in [-0.15, -0.1) is 14.8 Å². The van der Waals surface area contributed by atoms with Crippen LogP contribution in [0.25, 0.3) is 27.9 Å². The van der Waals surface area contributed by atoms with E-state index in [1.165, 1.54) is 27.5 Å². The van der Waals surface area contributed by atoms with E-state index in [2.05, 4.69) is 47.1 Å². The molecule has 5 rings (SSSR count). The lowest BCUT2D eigenvalue weighted by molar-refractivity contribution is -0.132. The molecule has 9 heteroatoms. The van der Waals surface area contributed by atoms with Crippen LogP contribution in [0.3, 0.4) is 0 Å². The van der Waals surface area contributed by atoms with E-state index in [4.69, 9.17) is 9.84 Å². The summed E-state index contributed by atoms with van der Waals surface area (Å²) in [5, 5.41) is 10.1. The lowest BCUT2D eigenvalue weighted by Gasteiger charge is -2.33. The van der Waals surface area contributed by atoms with E-state index in [-0.39, 0.29) is 5.91 Å². The number of benzene rings is 1. The Kier molecular flexibility index (Phi) is 6.19. The summed E-state index contributed by atoms with van der Waals surface area (Å²) in [6.45, 7) is 6.51. The third-order valence-electron chi connectivity index (χ3n) is 6.91. The Bertz CT molecular complexity index is 1360. The average molecular weight is 476 g/mol. The molecule has 4 heterocycles. The Morgan fingerprint density at radius 3 is 2.69 bits per heavy atom. The predicted molar refractivity (Wildman–Crippen MR) is 136 cm³/mol. The Morgan fingerprint density at radius 2 is 2.00 bits per heavy atom. The number of nitrogens with one attached hydrogen (secondary N) is 1. The lowest BCUT2D eigenvalue weighted by Crippen LogP contribution is -2.42. The minimum absolute atomic E-state index is 0.216. The smallest absolute Gasteiger partial charge is 0.236 e. The third-order valence-corrected chi connectivity index (χ3v) is 6.91. The number of ether oxygens (including phenoxy) is 1. The van der Waals surface area contributed by atoms with Gasteiger partial charge in [0.1, 0.15) is 12.0 Å². The van der Waals surface area contributed by atoms with Gasteiger partial charge in [-0.05, 0) is 62.0 Å². The molecule has 0 spiro atoms. The van der Waals surface area contributed by atoms with Crippen molar-refractivity contribution in [1.82, 2.24) is 34.6 Å². The highest BCUT2D eigenvalue weighted by atomic mass is 16.5. The van der Waals surface area contributed by atoms with Crippen molar-refractivity contribution < 1.29 is 9.53 Å². The molecule has 1 aromatic carbocycles. The summed E-state index contributed by atoms with van der Waals surface area (Å²) in [6, 6.07) is 8.65. The molecule has 1 N–H and O–H groups in total. The Hall–Kier alpha value is -3.46. The van der Waals surface area contributed by atoms with E-state index in [9.17, 15) is 4.79 Å². The number of piperidine rings is 1. The van der Waals surface area contributed by atoms with Crippen molar-refractivity contribution in [1.29, 1.82) is 0 Å². The van der Waals surface area contributed by atoms with Gasteiger partial charge in [-0.2, -0.15) is 0 Å². The molecule has 0 atom stereocenters. The quantitative estimate of drug-likeness (QED) is 0.458. The molecule has 4 aromatic rings. The molecule has 184 valence electrons. The van der Waals surface area contributed by atoms with Crippen molar-refractivity contribution in [3.63, 3.8) is 0 Å². The number of hydrogen-bond donors (Lipinski definition) is 1. The summed E-state index contributed by atoms with van der Waals surface area (Å²) in [5.74, 6) is 1.59. The minimum Gasteiger partial charge on any atom is -0.493 e. The first-order chi connectivity index (χ1) is 16.9. The molecule has 0 aliphatic carbocycles. The van der Waals surface area contributed by atoms with Gasteiger partial charge in [0.15, 0.2) is 5.75 Å². The fourth-order valence-corrected chi connectivity index (χ4v) is 5.18. The van der Waals surface area contributed by atoms with Crippen LogP contribution in [-0.2, 0) is 4.79 Å². The maximum Gasteiger partial charge on any atom is 0.236 e. The first-order valence-electron chi connectivity index (χ1n) is 12.2. The molecule has 35 heavy (non-hydrogen) atoms. The number of methoxy groups -OCH3 is 1. The first-order valence-corrected chi connectivity index (χ1v) is 12.2. The van der Waals surface area contributed by atoms with Crippen LogP contribution in [-0.4, -0.2) is 81.3 Å². The van der Waals surface area contributed by atoms with Gasteiger partial charge in [0.05, 0.1) is 19.3 Å². The number of nitrogens with zero attached hydrogens (tertiary/aromatic N) is 6. The van der Waals surface area contributed by atoms with Gasteiger partial charge in [-0.25, -0.2) is 4.98 Å². The number of likely N-dealkylation sites (tertiary alicyclic amines) is 1. The first kappa shape index (κ1) is 23.3. The number of likely N-dealkylation sites (N-methyl/N-ethyl adjacent to an activating group) is 1. The number of aromatic nitrogens is 5. The fourth-order valence-electron chi connectivity index (χ4n) is 5.18. The number of rotatable bonds is 6. The summed E-state index contributed by atoms with van der Waals surface area (Å²) in [6.07, 6.45) is 3.45. The van der Waals surface area contributed by atoms with Gasteiger partial charge >= 0.3 is 0 Å². The second-order valence-corrected chi connectivity index (χ2v) is 9.94. The van der Waals surface area contributed by atoms with Crippen LogP contribution in [0.1, 0.15) is 49.7 Å². The van der Waals surface area contributed by atoms with Gasteiger partial charge in [-0.3, -0.25) is 4.79 Å². The van der Waals surface area contributed by atoms with Gasteiger partial charge < -0.3 is 19.5 Å². The highest BCUT2D eigenvalue weighted by Gasteiger charge is 2.25. The zero-order valence-electron chi connectivity index (χ0n) is 21.1. The molecule has 0 saturated carbocycles. The zero-order chi connectivity index (χ0) is 24.7. The number of aromatic amines is 1. The summed E-state index contributed by atoms with van der Waals surface area (Å²) in [7, 11) is 5.51. The fraction of sp³-hybridized carbons (Fsp3) is 0.462. The molecule has 9 nitrogen and oxygen atoms in total. The molecular weight excluding hydrogens is 442 g/mol. The van der Waals surface area contributed by atoms with Crippen LogP contribution in [0.5, 0.6) is 5.75 Å². The van der Waals surface area contributed by atoms with Gasteiger partial charge in [-0.1, -0.05) is 19.9 Å². The molecule has 0 radical (unpaired) electrons. The highest BCUT2D eigenvalue weighted by molar-refractivity contribution is 5.91. The summed E-state index contributed by atoms with van der Waals surface area (Å²) >= 11 is 0. The Morgan fingerprint density at radius 1 is 1.23 bits per heavy atom. The van der Waals surface area contributed by atoms with E-state index < -0.39 is 0 Å². The van der Waals surface area contributed by atoms with Gasteiger partial charge in [0.2, 0.25) is 11.6 Å². The van der Waals surface area contributed by atoms with Crippen LogP contribution in [0, 0.1) is 0 Å². The lowest BCUT2D eigenvalue weighted by atomic mass is 9.87. The standard InChI is InChI=1S/C26H33N7O2/c1-16(2)24-19-12-18(17-8-10-32(11-9-17)23(34)14-31(3)4)6-7-20(19)29-25(24)21-13-22(35-5)26-27-15-28-33(26)30-21/h6-7,12-13,15-17,29H,8-11,14H2,1-5H3. The molecule has 1 fully saturated rings. The van der Waals surface area contributed by atoms with Gasteiger partial charge in [0.25, 0.3) is 0 Å². The molecule has 3 aromatic heterocycles. The molecular formula is C26H33N7O2. The molecule has 1 aliphatic rings. The second-order valence-electron chi connectivity index (χ2n) is 9.94. The van der Waals surface area contributed by atoms with E-state index in [1.54, 1.807) is 7.11 Å². The second kappa shape index (κ2) is 9.30. The number of carbonyl (C=O) groups is 1. The van der Waals surface area contributed by atoms with E-state index in [1.807, 2.05) is 30.0 Å². The van der Waals surface area contributed by atoms with E-state index in [0.29, 0.717) is 29.8 Å². The normalized spacial score (nSPS) is 15.1. The Balaban J connectivity index is 1.48. The molecule has 0 bridgehead atoms. The summed E-state index contributed by atoms with van der Waals surface area (Å²) in [5.41, 5.74) is 6.00. The monoisotopic (exact) mass is 475 g/mol. The van der Waals surface area contributed by atoms with Gasteiger partial charge in [0, 0.05) is 30.1 Å². The van der Waals surface area contributed by atoms with Crippen LogP contribution in [0.15, 0.2) is 30.6 Å². The van der Waals surface area contributed by atoms with Crippen molar-refractivity contribution in [2.24, 2.45) is 0 Å². The van der Waals surface area contributed by atoms with E-state index in [0.717, 1.165) is 42.8 Å². The topological polar surface area (TPSA) is 91.7 Å². The number of carbonyl (C=O) groups excluding carboxylic acids is 1. The van der Waals surface area contributed by atoms with Crippen LogP contribution < -0.4 is 4.74 Å². The van der Waals surface area contributed by atoms with Crippen molar-refractivity contribution in [3.05, 3.63) is 41.7 Å². The highest BCUT2D eigenvalue weighted by Crippen LogP contribution is 2.38. The largest absolute Gasteiger partial charge is 0.493 e. The molecule has 1 amide bonds. The maximum absolute atomic E-state index is 12.4. The predicted octanol–water partition coefficient (Wildman–Crippen LogP) is 3.67. The minimum atomic E-state index is 0.216. The molecule has 1 aliphatic heterocycles. The van der Waals surface area contributed by atoms with Crippen molar-refractivity contribution in [3.8, 4) is 17.1 Å². The van der Waals surface area contributed by atoms with E-state index >= 15 is 0 Å². The SMILES string of the molecule is COc1cc(-c2[nH]c3ccc(C4CCN(C(=O)CN(C)C)CC4)cc3c2C(C)C)nn2ncnc12. The van der Waals surface area contributed by atoms with Crippen molar-refractivity contribution in [2.75, 3.05) is 40.8 Å². The molecule has 0 unspecified atom stereocenters. The van der Waals surface area contributed by atoms with Crippen LogP contribution in [0.4, 0.5) is 0 Å². The number of fused-ring (bicyclic) bond motifs is 2. The molecule has 1 saturated heterocycles. The zero-order valence-corrected chi connectivity index (χ0v) is 21.1. The number of hydrogen-bond acceptors (Lipinski definition) is 6. The van der Waals surface area contributed by atoms with Crippen molar-refractivity contribution >= 4 is 22.5 Å². The maximum atomic E-state index is 12.4. The van der Waals surface area contributed by atoms with Crippen LogP contribution >= 0.6 is 0 Å². The third kappa shape index (κ3) is 4.36. The van der Waals surface area contributed by atoms with Crippen molar-refractivity contribution in [2.45, 2.75) is 38.5 Å². The number of amides is 1. The van der Waals surface area contributed by atoms with Crippen LogP contribution in [0.2, 0.25) is 0 Å². The summed E-state index contributed by atoms with van der Waals surface area (Å²) < 4.78 is 7.07. The summed E-state index contributed by atoms with van der Waals surface area (Å²) in [4.78, 5) is 24.2. The Labute approximate surface area is 205 Å². The number of H-pyrrole nitrogens is 1.